The van der Waals surface area contributed by atoms with Crippen molar-refractivity contribution in [2.45, 2.75) is 26.3 Å². The van der Waals surface area contributed by atoms with E-state index in [1.165, 1.54) is 28.1 Å². The third kappa shape index (κ3) is 3.20. The first-order valence-corrected chi connectivity index (χ1v) is 6.01. The van der Waals surface area contributed by atoms with Gasteiger partial charge in [-0.25, -0.2) is 4.79 Å². The molecule has 0 aliphatic carbocycles. The Morgan fingerprint density at radius 2 is 1.60 bits per heavy atom. The van der Waals surface area contributed by atoms with Gasteiger partial charge in [-0.2, -0.15) is 0 Å². The van der Waals surface area contributed by atoms with Gasteiger partial charge in [-0.3, -0.25) is 4.79 Å². The lowest BCUT2D eigenvalue weighted by Crippen LogP contribution is -2.49. The highest BCUT2D eigenvalue weighted by molar-refractivity contribution is 5.98. The topological polar surface area (TPSA) is 84.9 Å². The zero-order valence-electron chi connectivity index (χ0n) is 12.2. The molecule has 1 amide bonds. The van der Waals surface area contributed by atoms with Crippen LogP contribution in [0.25, 0.3) is 0 Å². The van der Waals surface area contributed by atoms with E-state index in [1.807, 2.05) is 0 Å². The highest BCUT2D eigenvalue weighted by Crippen LogP contribution is 2.29. The molecule has 0 spiro atoms. The molecule has 0 atom stereocenters. The first-order valence-electron chi connectivity index (χ1n) is 6.01. The van der Waals surface area contributed by atoms with Crippen LogP contribution in [0.1, 0.15) is 29.8 Å². The number of carboxylic acids is 1. The molecule has 6 heteroatoms. The van der Waals surface area contributed by atoms with E-state index in [0.29, 0.717) is 11.5 Å². The Balaban J connectivity index is 3.14. The average molecular weight is 281 g/mol. The fraction of sp³-hybridized carbons (Fsp3) is 0.429. The average Bonchev–Trinajstić information content (AvgIpc) is 2.38. The zero-order chi connectivity index (χ0) is 15.5. The quantitative estimate of drug-likeness (QED) is 0.856. The fourth-order valence-corrected chi connectivity index (χ4v) is 1.63. The lowest BCUT2D eigenvalue weighted by Gasteiger charge is -2.21. The summed E-state index contributed by atoms with van der Waals surface area (Å²) in [5, 5.41) is 11.5. The minimum absolute atomic E-state index is 0.277. The highest BCUT2D eigenvalue weighted by atomic mass is 16.5. The second kappa shape index (κ2) is 5.81. The number of carboxylic acid groups (broad SMARTS) is 1. The van der Waals surface area contributed by atoms with Crippen LogP contribution in [0.15, 0.2) is 12.1 Å². The van der Waals surface area contributed by atoms with Crippen LogP contribution in [0.2, 0.25) is 0 Å². The minimum atomic E-state index is -1.36. The van der Waals surface area contributed by atoms with E-state index in [4.69, 9.17) is 14.6 Å². The zero-order valence-corrected chi connectivity index (χ0v) is 12.2. The molecule has 0 bridgehead atoms. The molecular weight excluding hydrogens is 262 g/mol. The van der Waals surface area contributed by atoms with Crippen LogP contribution in [-0.4, -0.2) is 36.7 Å². The summed E-state index contributed by atoms with van der Waals surface area (Å²) < 4.78 is 10.4. The molecule has 1 rings (SSSR count). The Labute approximate surface area is 117 Å². The monoisotopic (exact) mass is 281 g/mol. The molecule has 6 nitrogen and oxygen atoms in total. The first-order chi connectivity index (χ1) is 9.22. The number of methoxy groups -OCH3 is 2. The smallest absolute Gasteiger partial charge is 0.328 e. The third-order valence-electron chi connectivity index (χ3n) is 2.98. The second-order valence-electron chi connectivity index (χ2n) is 4.89. The Kier molecular flexibility index (Phi) is 4.60. The van der Waals surface area contributed by atoms with Gasteiger partial charge in [-0.1, -0.05) is 0 Å². The summed E-state index contributed by atoms with van der Waals surface area (Å²) in [5.74, 6) is -0.615. The summed E-state index contributed by atoms with van der Waals surface area (Å²) in [6.07, 6.45) is 0. The maximum Gasteiger partial charge on any atom is 0.328 e. The number of amides is 1. The van der Waals surface area contributed by atoms with Crippen molar-refractivity contribution in [3.05, 3.63) is 23.3 Å². The van der Waals surface area contributed by atoms with Crippen LogP contribution < -0.4 is 14.8 Å². The molecule has 1 aromatic rings. The number of rotatable bonds is 5. The molecule has 0 unspecified atom stereocenters. The summed E-state index contributed by atoms with van der Waals surface area (Å²) in [5.41, 5.74) is -0.315. The molecule has 0 saturated carbocycles. The number of aliphatic carboxylic acids is 1. The molecule has 0 saturated heterocycles. The van der Waals surface area contributed by atoms with E-state index >= 15 is 0 Å². The lowest BCUT2D eigenvalue weighted by atomic mass is 10.0. The normalized spacial score (nSPS) is 10.8. The molecule has 20 heavy (non-hydrogen) atoms. The maximum atomic E-state index is 12.1. The summed E-state index contributed by atoms with van der Waals surface area (Å²) in [6, 6.07) is 3.09. The molecule has 0 aromatic heterocycles. The number of hydrogen-bond acceptors (Lipinski definition) is 4. The molecule has 0 aliphatic rings. The van der Waals surface area contributed by atoms with Crippen LogP contribution in [0.5, 0.6) is 11.5 Å². The van der Waals surface area contributed by atoms with Gasteiger partial charge >= 0.3 is 5.97 Å². The van der Waals surface area contributed by atoms with Crippen molar-refractivity contribution in [3.8, 4) is 11.5 Å². The fourth-order valence-electron chi connectivity index (χ4n) is 1.63. The number of nitrogens with one attached hydrogen (secondary N) is 1. The molecular formula is C14H19NO5. The van der Waals surface area contributed by atoms with Gasteiger partial charge in [0.05, 0.1) is 14.2 Å². The Morgan fingerprint density at radius 1 is 1.15 bits per heavy atom. The maximum absolute atomic E-state index is 12.1. The van der Waals surface area contributed by atoms with Crippen molar-refractivity contribution in [3.63, 3.8) is 0 Å². The van der Waals surface area contributed by atoms with Gasteiger partial charge in [-0.05, 0) is 32.9 Å². The highest BCUT2D eigenvalue weighted by Gasteiger charge is 2.29. The van der Waals surface area contributed by atoms with E-state index in [9.17, 15) is 9.59 Å². The van der Waals surface area contributed by atoms with Gasteiger partial charge in [0.2, 0.25) is 0 Å². The van der Waals surface area contributed by atoms with Crippen LogP contribution in [-0.2, 0) is 4.79 Å². The second-order valence-corrected chi connectivity index (χ2v) is 4.89. The largest absolute Gasteiger partial charge is 0.496 e. The van der Waals surface area contributed by atoms with E-state index in [-0.39, 0.29) is 5.56 Å². The predicted octanol–water partition coefficient (Wildman–Crippen LogP) is 1.61. The predicted molar refractivity (Wildman–Crippen MR) is 73.5 cm³/mol. The van der Waals surface area contributed by atoms with E-state index in [1.54, 1.807) is 19.1 Å². The van der Waals surface area contributed by atoms with Gasteiger partial charge in [0.25, 0.3) is 5.91 Å². The van der Waals surface area contributed by atoms with Crippen LogP contribution >= 0.6 is 0 Å². The summed E-state index contributed by atoms with van der Waals surface area (Å²) >= 11 is 0. The van der Waals surface area contributed by atoms with Crippen molar-refractivity contribution < 1.29 is 24.2 Å². The van der Waals surface area contributed by atoms with Gasteiger partial charge in [0.1, 0.15) is 17.0 Å². The van der Waals surface area contributed by atoms with E-state index in [2.05, 4.69) is 5.32 Å². The lowest BCUT2D eigenvalue weighted by molar-refractivity contribution is -0.143. The SMILES string of the molecule is COc1cc(C(=O)NC(C)(C)C(=O)O)cc(OC)c1C. The standard InChI is InChI=1S/C14H19NO5/c1-8-10(19-4)6-9(7-11(8)20-5)12(16)15-14(2,3)13(17)18/h6-7H,1-5H3,(H,15,16)(H,17,18). The van der Waals surface area contributed by atoms with Gasteiger partial charge in [0, 0.05) is 11.1 Å². The number of carbonyl (C=O) groups is 2. The molecule has 0 aliphatic heterocycles. The third-order valence-corrected chi connectivity index (χ3v) is 2.98. The van der Waals surface area contributed by atoms with Crippen LogP contribution in [0.3, 0.4) is 0 Å². The summed E-state index contributed by atoms with van der Waals surface area (Å²) in [6.45, 7) is 4.63. The number of carbonyl (C=O) groups excluding carboxylic acids is 1. The molecule has 2 N–H and O–H groups in total. The Morgan fingerprint density at radius 3 is 1.95 bits per heavy atom. The Bertz CT molecular complexity index is 511. The number of hydrogen-bond donors (Lipinski definition) is 2. The summed E-state index contributed by atoms with van der Waals surface area (Å²) in [7, 11) is 2.98. The van der Waals surface area contributed by atoms with Crippen LogP contribution in [0.4, 0.5) is 0 Å². The molecule has 0 radical (unpaired) electrons. The molecule has 0 fully saturated rings. The molecule has 0 heterocycles. The number of benzene rings is 1. The minimum Gasteiger partial charge on any atom is -0.496 e. The van der Waals surface area contributed by atoms with Crippen molar-refractivity contribution in [1.29, 1.82) is 0 Å². The van der Waals surface area contributed by atoms with Gasteiger partial charge in [-0.15, -0.1) is 0 Å². The van der Waals surface area contributed by atoms with Crippen molar-refractivity contribution in [2.75, 3.05) is 14.2 Å². The van der Waals surface area contributed by atoms with Crippen molar-refractivity contribution in [2.24, 2.45) is 0 Å². The number of ether oxygens (including phenoxy) is 2. The van der Waals surface area contributed by atoms with Gasteiger partial charge < -0.3 is 19.9 Å². The van der Waals surface area contributed by atoms with E-state index in [0.717, 1.165) is 5.56 Å². The first kappa shape index (κ1) is 15.8. The van der Waals surface area contributed by atoms with Crippen molar-refractivity contribution in [1.82, 2.24) is 5.32 Å². The van der Waals surface area contributed by atoms with Crippen LogP contribution in [0, 0.1) is 6.92 Å². The summed E-state index contributed by atoms with van der Waals surface area (Å²) in [4.78, 5) is 23.2. The molecule has 110 valence electrons. The van der Waals surface area contributed by atoms with Gasteiger partial charge in [0.15, 0.2) is 0 Å². The Hall–Kier alpha value is -2.24. The van der Waals surface area contributed by atoms with Crippen molar-refractivity contribution >= 4 is 11.9 Å². The molecule has 1 aromatic carbocycles. The van der Waals surface area contributed by atoms with E-state index < -0.39 is 17.4 Å².